The van der Waals surface area contributed by atoms with Gasteiger partial charge in [-0.05, 0) is 83.2 Å². The van der Waals surface area contributed by atoms with Crippen molar-refractivity contribution in [1.29, 1.82) is 0 Å². The Kier molecular flexibility index (Phi) is 9.52. The zero-order valence-corrected chi connectivity index (χ0v) is 27.9. The molecule has 9 nitrogen and oxygen atoms in total. The van der Waals surface area contributed by atoms with E-state index in [2.05, 4.69) is 16.4 Å². The number of amides is 1. The number of nitrogens with zero attached hydrogens (tertiary/aromatic N) is 7. The van der Waals surface area contributed by atoms with Gasteiger partial charge in [0, 0.05) is 37.4 Å². The van der Waals surface area contributed by atoms with E-state index in [4.69, 9.17) is 16.3 Å². The molecule has 14 heteroatoms. The summed E-state index contributed by atoms with van der Waals surface area (Å²) < 4.78 is 82.3. The normalized spacial score (nSPS) is 22.9. The highest BCUT2D eigenvalue weighted by molar-refractivity contribution is 5.87. The molecule has 2 aromatic rings. The highest BCUT2D eigenvalue weighted by Crippen LogP contribution is 2.50. The topological polar surface area (TPSA) is 69.4 Å². The summed E-state index contributed by atoms with van der Waals surface area (Å²) >= 11 is 0. The summed E-state index contributed by atoms with van der Waals surface area (Å²) in [6, 6.07) is 2.75. The van der Waals surface area contributed by atoms with Gasteiger partial charge >= 0.3 is 18.1 Å². The summed E-state index contributed by atoms with van der Waals surface area (Å²) in [7, 11) is 1.70. The van der Waals surface area contributed by atoms with Crippen LogP contribution in [0, 0.1) is 13.5 Å². The van der Waals surface area contributed by atoms with Crippen molar-refractivity contribution in [2.75, 3.05) is 56.1 Å². The van der Waals surface area contributed by atoms with E-state index in [1.165, 1.54) is 25.1 Å². The van der Waals surface area contributed by atoms with Crippen molar-refractivity contribution in [3.8, 4) is 6.01 Å². The van der Waals surface area contributed by atoms with Crippen LogP contribution in [0.15, 0.2) is 30.9 Å². The van der Waals surface area contributed by atoms with Crippen molar-refractivity contribution in [3.05, 3.63) is 64.7 Å². The number of rotatable bonds is 8. The largest absolute Gasteiger partial charge is 0.450 e. The lowest BCUT2D eigenvalue weighted by atomic mass is 9.87. The molecule has 0 bridgehead atoms. The molecule has 1 aliphatic carbocycles. The van der Waals surface area contributed by atoms with Gasteiger partial charge in [-0.3, -0.25) is 9.69 Å². The van der Waals surface area contributed by atoms with E-state index < -0.39 is 35.3 Å². The molecule has 49 heavy (non-hydrogen) atoms. The molecule has 4 aliphatic rings. The lowest BCUT2D eigenvalue weighted by Crippen LogP contribution is -2.60. The lowest BCUT2D eigenvalue weighted by Gasteiger charge is -2.43. The summed E-state index contributed by atoms with van der Waals surface area (Å²) in [5.41, 5.74) is -1.34. The number of halogens is 5. The standard InChI is InChI=1S/C35H42F5N7O2/c1-5-29(48)47-19-18-46(21-24(47)20-41-3)31-25-13-17-45(27-11-8-10-23(2)30(27)35(38,39)40)22-26(25)42-32(43-31)49-33(14-6-7-15-33)34(36,37)28-12-9-16-44(28)4/h5,8,10-11,24,28H,1,6-7,9,12-22H2,2,4H3/t24-,28?/m0/s1. The number of hydrogen-bond donors (Lipinski definition) is 0. The van der Waals surface area contributed by atoms with Crippen molar-refractivity contribution in [1.82, 2.24) is 19.8 Å². The van der Waals surface area contributed by atoms with Crippen molar-refractivity contribution in [3.63, 3.8) is 0 Å². The maximum Gasteiger partial charge on any atom is 0.418 e. The van der Waals surface area contributed by atoms with Crippen molar-refractivity contribution in [2.24, 2.45) is 0 Å². The second-order valence-electron chi connectivity index (χ2n) is 13.6. The number of likely N-dealkylation sites (tertiary alicyclic amines) is 1. The summed E-state index contributed by atoms with van der Waals surface area (Å²) in [6.45, 7) is 14.2. The first kappa shape index (κ1) is 34.9. The quantitative estimate of drug-likeness (QED) is 0.194. The molecule has 3 aliphatic heterocycles. The SMILES string of the molecule is [C-]#[N+]C[C@H]1CN(c2nc(OC3(C(F)(F)C4CCCN4C)CCCC3)nc3c2CCN(c2cccc(C)c2C(F)(F)F)C3)CCN1C(=O)C=C. The monoisotopic (exact) mass is 687 g/mol. The zero-order chi connectivity index (χ0) is 35.1. The molecular formula is C35H42F5N7O2. The summed E-state index contributed by atoms with van der Waals surface area (Å²) in [5.74, 6) is -3.06. The predicted molar refractivity (Wildman–Crippen MR) is 175 cm³/mol. The lowest BCUT2D eigenvalue weighted by molar-refractivity contribution is -0.196. The Balaban J connectivity index is 1.42. The number of aromatic nitrogens is 2. The van der Waals surface area contributed by atoms with Crippen LogP contribution in [-0.2, 0) is 23.9 Å². The third-order valence-electron chi connectivity index (χ3n) is 10.7. The highest BCUT2D eigenvalue weighted by Gasteiger charge is 2.63. The first-order valence-corrected chi connectivity index (χ1v) is 16.9. The van der Waals surface area contributed by atoms with E-state index in [1.807, 2.05) is 4.90 Å². The number of alkyl halides is 5. The molecule has 4 heterocycles. The van der Waals surface area contributed by atoms with Crippen LogP contribution in [-0.4, -0.2) is 95.6 Å². The fraction of sp³-hybridized carbons (Fsp3) is 0.600. The average Bonchev–Trinajstić information content (AvgIpc) is 3.73. The van der Waals surface area contributed by atoms with Gasteiger partial charge in [0.05, 0.1) is 23.8 Å². The van der Waals surface area contributed by atoms with Crippen LogP contribution in [0.4, 0.5) is 33.5 Å². The average molecular weight is 688 g/mol. The number of aryl methyl sites for hydroxylation is 1. The van der Waals surface area contributed by atoms with Gasteiger partial charge < -0.3 is 24.3 Å². The van der Waals surface area contributed by atoms with Crippen LogP contribution >= 0.6 is 0 Å². The molecule has 3 fully saturated rings. The van der Waals surface area contributed by atoms with E-state index in [1.54, 1.807) is 27.8 Å². The zero-order valence-electron chi connectivity index (χ0n) is 27.9. The molecule has 0 N–H and O–H groups in total. The minimum Gasteiger partial charge on any atom is -0.450 e. The van der Waals surface area contributed by atoms with Gasteiger partial charge in [-0.15, -0.1) is 0 Å². The van der Waals surface area contributed by atoms with E-state index in [9.17, 15) is 18.0 Å². The van der Waals surface area contributed by atoms with Crippen LogP contribution in [0.5, 0.6) is 6.01 Å². The molecule has 1 saturated carbocycles. The van der Waals surface area contributed by atoms with Crippen LogP contribution in [0.2, 0.25) is 0 Å². The van der Waals surface area contributed by atoms with Crippen molar-refractivity contribution in [2.45, 2.75) is 88.2 Å². The van der Waals surface area contributed by atoms with Crippen LogP contribution in [0.25, 0.3) is 4.85 Å². The fourth-order valence-corrected chi connectivity index (χ4v) is 8.20. The third kappa shape index (κ3) is 6.42. The number of benzene rings is 1. The minimum atomic E-state index is -4.58. The Bertz CT molecular complexity index is 1620. The van der Waals surface area contributed by atoms with Crippen molar-refractivity contribution >= 4 is 17.4 Å². The van der Waals surface area contributed by atoms with Gasteiger partial charge in [-0.1, -0.05) is 18.7 Å². The molecule has 0 radical (unpaired) electrons. The van der Waals surface area contributed by atoms with Gasteiger partial charge in [-0.2, -0.15) is 23.1 Å². The van der Waals surface area contributed by atoms with E-state index in [-0.39, 0.29) is 68.7 Å². The molecule has 2 atom stereocenters. The van der Waals surface area contributed by atoms with E-state index in [0.29, 0.717) is 62.3 Å². The summed E-state index contributed by atoms with van der Waals surface area (Å²) in [5, 5.41) is 0. The minimum absolute atomic E-state index is 0.0110. The summed E-state index contributed by atoms with van der Waals surface area (Å²) in [6.07, 6.45) is -0.709. The molecule has 1 aromatic carbocycles. The number of hydrogen-bond acceptors (Lipinski definition) is 7. The van der Waals surface area contributed by atoms with E-state index in [0.717, 1.165) is 0 Å². The maximum atomic E-state index is 16.6. The summed E-state index contributed by atoms with van der Waals surface area (Å²) in [4.78, 5) is 32.4. The van der Waals surface area contributed by atoms with Gasteiger partial charge in [0.1, 0.15) is 11.9 Å². The molecule has 2 saturated heterocycles. The number of carbonyl (C=O) groups excluding carboxylic acids is 1. The molecule has 1 aromatic heterocycles. The Hall–Kier alpha value is -3.99. The third-order valence-corrected chi connectivity index (χ3v) is 10.7. The number of anilines is 2. The molecule has 1 unspecified atom stereocenters. The van der Waals surface area contributed by atoms with Crippen LogP contribution in [0.3, 0.4) is 0 Å². The Morgan fingerprint density at radius 1 is 1.10 bits per heavy atom. The number of ether oxygens (including phenoxy) is 1. The molecule has 264 valence electrons. The number of piperazine rings is 1. The Labute approximate surface area is 283 Å². The molecule has 6 rings (SSSR count). The highest BCUT2D eigenvalue weighted by atomic mass is 19.4. The van der Waals surface area contributed by atoms with Gasteiger partial charge in [0.15, 0.2) is 5.60 Å². The molecular weight excluding hydrogens is 645 g/mol. The number of carbonyl (C=O) groups is 1. The smallest absolute Gasteiger partial charge is 0.418 e. The van der Waals surface area contributed by atoms with Gasteiger partial charge in [-0.25, -0.2) is 15.4 Å². The first-order chi connectivity index (χ1) is 23.3. The van der Waals surface area contributed by atoms with Gasteiger partial charge in [0.25, 0.3) is 0 Å². The van der Waals surface area contributed by atoms with E-state index >= 15 is 8.78 Å². The second-order valence-corrected chi connectivity index (χ2v) is 13.6. The van der Waals surface area contributed by atoms with Crippen LogP contribution in [0.1, 0.15) is 60.9 Å². The molecule has 0 spiro atoms. The van der Waals surface area contributed by atoms with Crippen LogP contribution < -0.4 is 14.5 Å². The van der Waals surface area contributed by atoms with Crippen molar-refractivity contribution < 1.29 is 31.5 Å². The molecule has 1 amide bonds. The first-order valence-electron chi connectivity index (χ1n) is 16.9. The fourth-order valence-electron chi connectivity index (χ4n) is 8.20. The predicted octanol–water partition coefficient (Wildman–Crippen LogP) is 5.91. The Morgan fingerprint density at radius 3 is 2.51 bits per heavy atom. The Morgan fingerprint density at radius 2 is 1.86 bits per heavy atom. The maximum absolute atomic E-state index is 16.6. The number of fused-ring (bicyclic) bond motifs is 1. The second kappa shape index (κ2) is 13.4. The van der Waals surface area contributed by atoms with Gasteiger partial charge in [0.2, 0.25) is 12.5 Å².